The molecule has 54 valence electrons. The lowest BCUT2D eigenvalue weighted by Gasteiger charge is -2.22. The summed E-state index contributed by atoms with van der Waals surface area (Å²) in [6.45, 7) is 0. The van der Waals surface area contributed by atoms with Crippen LogP contribution in [0, 0.1) is 0 Å². The van der Waals surface area contributed by atoms with E-state index in [-0.39, 0.29) is 0 Å². The van der Waals surface area contributed by atoms with Gasteiger partial charge in [-0.15, -0.1) is 0 Å². The molecule has 0 aromatic rings. The summed E-state index contributed by atoms with van der Waals surface area (Å²) in [6.07, 6.45) is 6.75. The molecule has 0 saturated heterocycles. The highest BCUT2D eigenvalue weighted by molar-refractivity contribution is 6.53. The highest BCUT2D eigenvalue weighted by Crippen LogP contribution is 2.27. The van der Waals surface area contributed by atoms with E-state index in [1.165, 1.54) is 32.1 Å². The zero-order valence-corrected chi connectivity index (χ0v) is 7.00. The molecule has 4 N–H and O–H groups in total. The molecule has 0 spiro atoms. The Bertz CT molecular complexity index is 79.1. The van der Waals surface area contributed by atoms with E-state index in [0.29, 0.717) is 0 Å². The number of hydrogen-bond donors (Lipinski definition) is 2. The maximum atomic E-state index is 5.68. The standard InChI is InChI=1S/C6H16N2Si/c7-9(8)6-4-2-1-3-5-6/h6,9H,1-5,7-8H2. The minimum Gasteiger partial charge on any atom is -0.341 e. The Hall–Kier alpha value is 0.137. The molecule has 3 heteroatoms. The second-order valence-corrected chi connectivity index (χ2v) is 5.07. The van der Waals surface area contributed by atoms with E-state index < -0.39 is 9.12 Å². The fourth-order valence-corrected chi connectivity index (χ4v) is 2.76. The van der Waals surface area contributed by atoms with Crippen LogP contribution in [0.2, 0.25) is 5.54 Å². The zero-order chi connectivity index (χ0) is 6.69. The van der Waals surface area contributed by atoms with Gasteiger partial charge in [-0.3, -0.25) is 0 Å². The van der Waals surface area contributed by atoms with Crippen LogP contribution in [0.5, 0.6) is 0 Å². The third-order valence-electron chi connectivity index (χ3n) is 2.19. The molecule has 1 saturated carbocycles. The van der Waals surface area contributed by atoms with Crippen LogP contribution < -0.4 is 10.8 Å². The van der Waals surface area contributed by atoms with E-state index in [2.05, 4.69) is 0 Å². The average Bonchev–Trinajstić information content (AvgIpc) is 1.90. The highest BCUT2D eigenvalue weighted by atomic mass is 28.3. The van der Waals surface area contributed by atoms with Gasteiger partial charge in [0.25, 0.3) is 0 Å². The fraction of sp³-hybridized carbons (Fsp3) is 1.00. The monoisotopic (exact) mass is 144 g/mol. The van der Waals surface area contributed by atoms with E-state index in [1.54, 1.807) is 0 Å². The van der Waals surface area contributed by atoms with Crippen LogP contribution >= 0.6 is 0 Å². The van der Waals surface area contributed by atoms with Crippen LogP contribution in [0.25, 0.3) is 0 Å². The van der Waals surface area contributed by atoms with Gasteiger partial charge in [0.1, 0.15) is 0 Å². The van der Waals surface area contributed by atoms with Crippen LogP contribution in [0.15, 0.2) is 0 Å². The van der Waals surface area contributed by atoms with Crippen molar-refractivity contribution < 1.29 is 0 Å². The van der Waals surface area contributed by atoms with Gasteiger partial charge in [-0.2, -0.15) is 0 Å². The molecule has 0 atom stereocenters. The summed E-state index contributed by atoms with van der Waals surface area (Å²) < 4.78 is 0. The van der Waals surface area contributed by atoms with Crippen molar-refractivity contribution >= 4 is 9.12 Å². The SMILES string of the molecule is N[SiH](N)C1CCCCC1. The Balaban J connectivity index is 2.23. The maximum Gasteiger partial charge on any atom is 0.182 e. The molecule has 1 aliphatic carbocycles. The van der Waals surface area contributed by atoms with Crippen molar-refractivity contribution in [3.8, 4) is 0 Å². The maximum absolute atomic E-state index is 5.68. The van der Waals surface area contributed by atoms with Gasteiger partial charge in [0.2, 0.25) is 0 Å². The van der Waals surface area contributed by atoms with Gasteiger partial charge in [0, 0.05) is 0 Å². The minimum absolute atomic E-state index is 0.749. The van der Waals surface area contributed by atoms with Gasteiger partial charge >= 0.3 is 0 Å². The summed E-state index contributed by atoms with van der Waals surface area (Å²) in [5, 5.41) is 11.4. The minimum atomic E-state index is -1.25. The third-order valence-corrected chi connectivity index (χ3v) is 3.95. The van der Waals surface area contributed by atoms with E-state index in [4.69, 9.17) is 10.8 Å². The summed E-state index contributed by atoms with van der Waals surface area (Å²) in [7, 11) is -1.25. The Kier molecular flexibility index (Phi) is 2.69. The molecule has 1 aliphatic rings. The summed E-state index contributed by atoms with van der Waals surface area (Å²) in [5.74, 6) is 0. The van der Waals surface area contributed by atoms with Crippen LogP contribution in [0.1, 0.15) is 32.1 Å². The molecule has 0 aromatic heterocycles. The predicted octanol–water partition coefficient (Wildman–Crippen LogP) is 0.459. The lowest BCUT2D eigenvalue weighted by atomic mass is 10.0. The van der Waals surface area contributed by atoms with E-state index in [9.17, 15) is 0 Å². The molecule has 0 bridgehead atoms. The van der Waals surface area contributed by atoms with Gasteiger partial charge in [0.15, 0.2) is 9.12 Å². The first-order valence-electron chi connectivity index (χ1n) is 3.82. The Morgan fingerprint density at radius 1 is 1.00 bits per heavy atom. The second kappa shape index (κ2) is 3.34. The topological polar surface area (TPSA) is 52.0 Å². The first-order valence-corrected chi connectivity index (χ1v) is 5.82. The Morgan fingerprint density at radius 3 is 1.89 bits per heavy atom. The normalized spacial score (nSPS) is 23.0. The zero-order valence-electron chi connectivity index (χ0n) is 5.84. The van der Waals surface area contributed by atoms with Gasteiger partial charge in [-0.25, -0.2) is 0 Å². The molecule has 2 nitrogen and oxygen atoms in total. The molecule has 0 radical (unpaired) electrons. The number of hydrogen-bond acceptors (Lipinski definition) is 2. The van der Waals surface area contributed by atoms with Gasteiger partial charge < -0.3 is 10.8 Å². The average molecular weight is 144 g/mol. The first kappa shape index (κ1) is 7.25. The summed E-state index contributed by atoms with van der Waals surface area (Å²) in [5.41, 5.74) is 0.749. The number of nitrogens with two attached hydrogens (primary N) is 2. The second-order valence-electron chi connectivity index (χ2n) is 2.98. The smallest absolute Gasteiger partial charge is 0.182 e. The molecular weight excluding hydrogens is 128 g/mol. The fourth-order valence-electron chi connectivity index (χ4n) is 1.52. The number of rotatable bonds is 1. The quantitative estimate of drug-likeness (QED) is 0.525. The van der Waals surface area contributed by atoms with Crippen LogP contribution in [0.4, 0.5) is 0 Å². The molecular formula is C6H16N2Si. The van der Waals surface area contributed by atoms with Crippen molar-refractivity contribution in [1.29, 1.82) is 0 Å². The summed E-state index contributed by atoms with van der Waals surface area (Å²) in [6, 6.07) is 0. The molecule has 0 aromatic carbocycles. The van der Waals surface area contributed by atoms with Crippen molar-refractivity contribution in [2.24, 2.45) is 10.8 Å². The van der Waals surface area contributed by atoms with Gasteiger partial charge in [-0.05, 0) is 5.54 Å². The van der Waals surface area contributed by atoms with E-state index >= 15 is 0 Å². The van der Waals surface area contributed by atoms with Gasteiger partial charge in [-0.1, -0.05) is 32.1 Å². The van der Waals surface area contributed by atoms with Crippen molar-refractivity contribution in [3.63, 3.8) is 0 Å². The van der Waals surface area contributed by atoms with Crippen molar-refractivity contribution in [1.82, 2.24) is 0 Å². The van der Waals surface area contributed by atoms with Crippen LogP contribution in [-0.4, -0.2) is 9.12 Å². The summed E-state index contributed by atoms with van der Waals surface area (Å²) in [4.78, 5) is 0. The van der Waals surface area contributed by atoms with E-state index in [1.807, 2.05) is 0 Å². The van der Waals surface area contributed by atoms with Crippen LogP contribution in [-0.2, 0) is 0 Å². The molecule has 0 heterocycles. The molecule has 0 amide bonds. The van der Waals surface area contributed by atoms with Crippen LogP contribution in [0.3, 0.4) is 0 Å². The Morgan fingerprint density at radius 2 is 1.56 bits per heavy atom. The molecule has 1 fully saturated rings. The Labute approximate surface area is 58.4 Å². The lowest BCUT2D eigenvalue weighted by molar-refractivity contribution is 0.495. The third kappa shape index (κ3) is 2.08. The first-order chi connectivity index (χ1) is 4.30. The van der Waals surface area contributed by atoms with Gasteiger partial charge in [0.05, 0.1) is 0 Å². The summed E-state index contributed by atoms with van der Waals surface area (Å²) >= 11 is 0. The largest absolute Gasteiger partial charge is 0.341 e. The molecule has 1 rings (SSSR count). The van der Waals surface area contributed by atoms with Crippen molar-refractivity contribution in [2.75, 3.05) is 0 Å². The van der Waals surface area contributed by atoms with Crippen molar-refractivity contribution in [2.45, 2.75) is 37.6 Å². The van der Waals surface area contributed by atoms with Crippen molar-refractivity contribution in [3.05, 3.63) is 0 Å². The molecule has 0 aliphatic heterocycles. The molecule has 0 unspecified atom stereocenters. The lowest BCUT2D eigenvalue weighted by Crippen LogP contribution is -2.42. The molecule has 9 heavy (non-hydrogen) atoms. The highest BCUT2D eigenvalue weighted by Gasteiger charge is 2.18. The van der Waals surface area contributed by atoms with E-state index in [0.717, 1.165) is 5.54 Å². The predicted molar refractivity (Wildman–Crippen MR) is 42.4 cm³/mol.